The van der Waals surface area contributed by atoms with E-state index in [1.54, 1.807) is 24.1 Å². The topological polar surface area (TPSA) is 96.1 Å². The molecule has 0 bridgehead atoms. The summed E-state index contributed by atoms with van der Waals surface area (Å²) in [4.78, 5) is 27.4. The Morgan fingerprint density at radius 3 is 2.77 bits per heavy atom. The van der Waals surface area contributed by atoms with Crippen molar-refractivity contribution in [3.8, 4) is 5.75 Å². The maximum atomic E-state index is 13.8. The zero-order valence-corrected chi connectivity index (χ0v) is 22.6. The smallest absolute Gasteiger partial charge is 0.260 e. The quantitative estimate of drug-likeness (QED) is 0.280. The molecule has 0 aliphatic carbocycles. The molecule has 0 amide bonds. The van der Waals surface area contributed by atoms with Gasteiger partial charge in [0.15, 0.2) is 17.0 Å². The molecule has 3 aromatic heterocycles. The highest BCUT2D eigenvalue weighted by molar-refractivity contribution is 6.35. The third-order valence-corrected chi connectivity index (χ3v) is 7.56. The number of ether oxygens (including phenoxy) is 2. The number of halogens is 1. The van der Waals surface area contributed by atoms with E-state index >= 15 is 0 Å². The molecule has 2 aromatic carbocycles. The van der Waals surface area contributed by atoms with Gasteiger partial charge in [0.1, 0.15) is 18.3 Å². The third-order valence-electron chi connectivity index (χ3n) is 7.24. The molecule has 1 fully saturated rings. The highest BCUT2D eigenvalue weighted by atomic mass is 35.5. The van der Waals surface area contributed by atoms with Gasteiger partial charge in [-0.05, 0) is 61.4 Å². The van der Waals surface area contributed by atoms with Crippen molar-refractivity contribution in [2.75, 3.05) is 19.0 Å². The zero-order valence-electron chi connectivity index (χ0n) is 21.8. The number of pyridine rings is 1. The molecule has 200 valence electrons. The predicted molar refractivity (Wildman–Crippen MR) is 152 cm³/mol. The van der Waals surface area contributed by atoms with Gasteiger partial charge in [-0.25, -0.2) is 15.0 Å². The highest BCUT2D eigenvalue weighted by Gasteiger charge is 2.22. The molecule has 6 rings (SSSR count). The summed E-state index contributed by atoms with van der Waals surface area (Å²) in [5, 5.41) is 5.20. The van der Waals surface area contributed by atoms with Gasteiger partial charge in [0.2, 0.25) is 0 Å². The summed E-state index contributed by atoms with van der Waals surface area (Å²) >= 11 is 6.49. The Kier molecular flexibility index (Phi) is 6.93. The number of rotatable bonds is 7. The number of hydrogen-bond donors (Lipinski definition) is 1. The fraction of sp³-hybridized carbons (Fsp3) is 0.310. The van der Waals surface area contributed by atoms with Crippen LogP contribution >= 0.6 is 11.6 Å². The lowest BCUT2D eigenvalue weighted by Gasteiger charge is -2.24. The third kappa shape index (κ3) is 4.84. The van der Waals surface area contributed by atoms with Crippen LogP contribution in [0.1, 0.15) is 49.7 Å². The van der Waals surface area contributed by atoms with Crippen LogP contribution in [0.5, 0.6) is 5.75 Å². The Morgan fingerprint density at radius 2 is 2.00 bits per heavy atom. The Bertz CT molecular complexity index is 1690. The van der Waals surface area contributed by atoms with Gasteiger partial charge in [-0.3, -0.25) is 9.36 Å². The van der Waals surface area contributed by atoms with Gasteiger partial charge in [0.05, 0.1) is 36.4 Å². The van der Waals surface area contributed by atoms with Crippen molar-refractivity contribution in [3.05, 3.63) is 87.8 Å². The molecule has 0 saturated carbocycles. The Labute approximate surface area is 230 Å². The maximum Gasteiger partial charge on any atom is 0.260 e. The molecule has 1 aliphatic rings. The highest BCUT2D eigenvalue weighted by Crippen LogP contribution is 2.30. The minimum absolute atomic E-state index is 0.0798. The monoisotopic (exact) mass is 544 g/mol. The van der Waals surface area contributed by atoms with Crippen molar-refractivity contribution >= 4 is 39.4 Å². The average Bonchev–Trinajstić information content (AvgIpc) is 3.40. The van der Waals surface area contributed by atoms with Gasteiger partial charge >= 0.3 is 0 Å². The van der Waals surface area contributed by atoms with Gasteiger partial charge in [0.25, 0.3) is 5.56 Å². The van der Waals surface area contributed by atoms with Gasteiger partial charge in [-0.2, -0.15) is 0 Å². The number of aromatic nitrogens is 5. The normalized spacial score (nSPS) is 16.4. The van der Waals surface area contributed by atoms with E-state index < -0.39 is 0 Å². The largest absolute Gasteiger partial charge is 0.497 e. The van der Waals surface area contributed by atoms with E-state index in [0.717, 1.165) is 48.3 Å². The van der Waals surface area contributed by atoms with Crippen LogP contribution in [0.4, 0.5) is 5.82 Å². The number of methoxy groups -OCH3 is 1. The van der Waals surface area contributed by atoms with Crippen LogP contribution < -0.4 is 15.6 Å². The summed E-state index contributed by atoms with van der Waals surface area (Å²) in [6, 6.07) is 14.9. The van der Waals surface area contributed by atoms with Gasteiger partial charge in [0, 0.05) is 12.3 Å². The number of anilines is 1. The van der Waals surface area contributed by atoms with E-state index in [-0.39, 0.29) is 17.8 Å². The summed E-state index contributed by atoms with van der Waals surface area (Å²) < 4.78 is 15.0. The van der Waals surface area contributed by atoms with Crippen molar-refractivity contribution < 1.29 is 9.47 Å². The number of fused-ring (bicyclic) bond motifs is 2. The van der Waals surface area contributed by atoms with Gasteiger partial charge in [-0.1, -0.05) is 35.9 Å². The van der Waals surface area contributed by atoms with Crippen molar-refractivity contribution in [1.29, 1.82) is 0 Å². The molecule has 0 radical (unpaired) electrons. The van der Waals surface area contributed by atoms with Crippen LogP contribution in [0, 0.1) is 0 Å². The maximum absolute atomic E-state index is 13.8. The van der Waals surface area contributed by atoms with Gasteiger partial charge < -0.3 is 19.4 Å². The molecule has 4 heterocycles. The summed E-state index contributed by atoms with van der Waals surface area (Å²) in [5.74, 6) is 1.35. The summed E-state index contributed by atoms with van der Waals surface area (Å²) in [5.41, 5.74) is 2.99. The summed E-state index contributed by atoms with van der Waals surface area (Å²) in [6.07, 6.45) is 6.31. The lowest BCUT2D eigenvalue weighted by atomic mass is 10.1. The number of nitrogens with zero attached hydrogens (tertiary/aromatic N) is 5. The van der Waals surface area contributed by atoms with Crippen molar-refractivity contribution in [3.63, 3.8) is 0 Å². The second-order valence-electron chi connectivity index (χ2n) is 9.75. The molecular formula is C29H29ClN6O3. The minimum Gasteiger partial charge on any atom is -0.497 e. The number of benzene rings is 2. The van der Waals surface area contributed by atoms with Crippen molar-refractivity contribution in [2.24, 2.45) is 0 Å². The molecule has 10 heteroatoms. The van der Waals surface area contributed by atoms with E-state index in [4.69, 9.17) is 21.1 Å². The summed E-state index contributed by atoms with van der Waals surface area (Å²) in [6.45, 7) is 3.11. The lowest BCUT2D eigenvalue weighted by molar-refractivity contribution is -0.0298. The molecule has 1 N–H and O–H groups in total. The Hall–Kier alpha value is -3.95. The number of imidazole rings is 1. The SMILES string of the molecule is COc1ccc(Cn2c([C@H](C)Nc3ncnc4c3ncn4C3CCCCO3)cc3cccc(Cl)c3c2=O)cc1. The fourth-order valence-corrected chi connectivity index (χ4v) is 5.46. The average molecular weight is 545 g/mol. The lowest BCUT2D eigenvalue weighted by Crippen LogP contribution is -2.27. The second-order valence-corrected chi connectivity index (χ2v) is 10.2. The first-order chi connectivity index (χ1) is 19.0. The van der Waals surface area contributed by atoms with E-state index in [2.05, 4.69) is 20.3 Å². The Balaban J connectivity index is 1.39. The van der Waals surface area contributed by atoms with Crippen LogP contribution in [0.15, 0.2) is 66.0 Å². The van der Waals surface area contributed by atoms with Crippen LogP contribution in [0.2, 0.25) is 5.02 Å². The van der Waals surface area contributed by atoms with E-state index in [0.29, 0.717) is 33.9 Å². The molecule has 9 nitrogen and oxygen atoms in total. The molecule has 2 atom stereocenters. The molecule has 5 aromatic rings. The molecular weight excluding hydrogens is 516 g/mol. The van der Waals surface area contributed by atoms with Crippen molar-refractivity contribution in [2.45, 2.75) is 45.0 Å². The standard InChI is InChI=1S/C29H29ClN6O3/c1-18(34-27-26-28(32-16-31-27)36(17-33-26)24-8-3-4-13-39-24)23-14-20-6-5-7-22(30)25(20)29(37)35(23)15-19-9-11-21(38-2)12-10-19/h5-7,9-12,14,16-18,24H,3-4,8,13,15H2,1-2H3,(H,31,32,34)/t18-,24?/m0/s1. The Morgan fingerprint density at radius 1 is 1.15 bits per heavy atom. The minimum atomic E-state index is -0.284. The molecule has 39 heavy (non-hydrogen) atoms. The first-order valence-electron chi connectivity index (χ1n) is 13.0. The number of hydrogen-bond acceptors (Lipinski definition) is 7. The first kappa shape index (κ1) is 25.3. The molecule has 1 aliphatic heterocycles. The molecule has 1 unspecified atom stereocenters. The number of nitrogens with one attached hydrogen (secondary N) is 1. The van der Waals surface area contributed by atoms with E-state index in [1.807, 2.05) is 54.0 Å². The van der Waals surface area contributed by atoms with Crippen LogP contribution in [0.25, 0.3) is 21.9 Å². The van der Waals surface area contributed by atoms with Crippen LogP contribution in [0.3, 0.4) is 0 Å². The summed E-state index contributed by atoms with van der Waals surface area (Å²) in [7, 11) is 1.63. The fourth-order valence-electron chi connectivity index (χ4n) is 5.20. The first-order valence-corrected chi connectivity index (χ1v) is 13.4. The van der Waals surface area contributed by atoms with Crippen LogP contribution in [-0.2, 0) is 11.3 Å². The molecule has 0 spiro atoms. The van der Waals surface area contributed by atoms with E-state index in [9.17, 15) is 4.79 Å². The van der Waals surface area contributed by atoms with Crippen LogP contribution in [-0.4, -0.2) is 37.8 Å². The predicted octanol–water partition coefficient (Wildman–Crippen LogP) is 5.72. The molecule has 1 saturated heterocycles. The van der Waals surface area contributed by atoms with Gasteiger partial charge in [-0.15, -0.1) is 0 Å². The van der Waals surface area contributed by atoms with Crippen molar-refractivity contribution in [1.82, 2.24) is 24.1 Å². The second kappa shape index (κ2) is 10.7. The zero-order chi connectivity index (χ0) is 26.9. The van der Waals surface area contributed by atoms with E-state index in [1.165, 1.54) is 6.33 Å².